The Morgan fingerprint density at radius 1 is 1.29 bits per heavy atom. The van der Waals surface area contributed by atoms with Crippen LogP contribution in [-0.4, -0.2) is 3.92 Å². The van der Waals surface area contributed by atoms with Gasteiger partial charge in [0.2, 0.25) is 0 Å². The molecule has 3 rings (SSSR count). The maximum absolute atomic E-state index is 2.59. The monoisotopic (exact) mass is 452 g/mol. The molecule has 0 amide bonds. The molecule has 0 aromatic rings. The molecule has 1 fully saturated rings. The third-order valence-corrected chi connectivity index (χ3v) is 6.56. The molecule has 3 unspecified atom stereocenters. The second-order valence-electron chi connectivity index (χ2n) is 6.07. The summed E-state index contributed by atoms with van der Waals surface area (Å²) in [6.07, 6.45) is 12.4. The Balaban J connectivity index is 2.04. The lowest BCUT2D eigenvalue weighted by Gasteiger charge is -2.34. The molecule has 3 aliphatic rings. The van der Waals surface area contributed by atoms with Crippen LogP contribution in [0.2, 0.25) is 0 Å². The highest BCUT2D eigenvalue weighted by Crippen LogP contribution is 2.60. The lowest BCUT2D eigenvalue weighted by atomic mass is 9.73. The van der Waals surface area contributed by atoms with E-state index < -0.39 is 0 Å². The number of fused-ring (bicyclic) bond motifs is 3. The van der Waals surface area contributed by atoms with Gasteiger partial charge in [0.05, 0.1) is 0 Å². The normalized spacial score (nSPS) is 42.6. The summed E-state index contributed by atoms with van der Waals surface area (Å²) in [4.78, 5) is 0. The van der Waals surface area contributed by atoms with Crippen LogP contribution in [0.15, 0.2) is 33.5 Å². The quantitative estimate of drug-likeness (QED) is 0.267. The number of hydrogen-bond acceptors (Lipinski definition) is 0. The van der Waals surface area contributed by atoms with Crippen LogP contribution in [0, 0.1) is 23.2 Å². The summed E-state index contributed by atoms with van der Waals surface area (Å²) in [6, 6.07) is 0. The van der Waals surface area contributed by atoms with E-state index >= 15 is 0 Å². The molecule has 4 atom stereocenters. The highest BCUT2D eigenvalue weighted by Gasteiger charge is 2.51. The molecule has 3 aliphatic carbocycles. The molecule has 17 heavy (non-hydrogen) atoms. The van der Waals surface area contributed by atoms with Crippen molar-refractivity contribution in [3.8, 4) is 0 Å². The van der Waals surface area contributed by atoms with Gasteiger partial charge in [-0.2, -0.15) is 0 Å². The molecule has 0 spiro atoms. The predicted octanol–water partition coefficient (Wildman–Crippen LogP) is 5.29. The van der Waals surface area contributed by atoms with Crippen LogP contribution in [0.25, 0.3) is 0 Å². The molecule has 0 aromatic carbocycles. The van der Waals surface area contributed by atoms with Crippen LogP contribution in [0.1, 0.15) is 26.7 Å². The van der Waals surface area contributed by atoms with Crippen LogP contribution in [0.5, 0.6) is 0 Å². The zero-order chi connectivity index (χ0) is 12.2. The highest BCUT2D eigenvalue weighted by molar-refractivity contribution is 14.1. The van der Waals surface area contributed by atoms with Crippen LogP contribution < -0.4 is 0 Å². The minimum absolute atomic E-state index is 0.397. The molecule has 2 heteroatoms. The second kappa shape index (κ2) is 4.36. The summed E-state index contributed by atoms with van der Waals surface area (Å²) in [6.45, 7) is 4.93. The number of allylic oxidation sites excluding steroid dienone is 6. The Bertz CT molecular complexity index is 428. The minimum Gasteiger partial charge on any atom is -0.0835 e. The van der Waals surface area contributed by atoms with Crippen molar-refractivity contribution in [3.05, 3.63) is 33.5 Å². The maximum atomic E-state index is 2.59. The molecule has 0 radical (unpaired) electrons. The van der Waals surface area contributed by atoms with Gasteiger partial charge in [-0.15, -0.1) is 0 Å². The van der Waals surface area contributed by atoms with Gasteiger partial charge in [-0.1, -0.05) is 60.2 Å². The van der Waals surface area contributed by atoms with Crippen molar-refractivity contribution < 1.29 is 0 Å². The topological polar surface area (TPSA) is 0 Å². The third-order valence-electron chi connectivity index (χ3n) is 4.88. The SMILES string of the molecule is CC1(C)C2=CC(I)=CC[C@@H]2C2C=CC(I)CC21. The van der Waals surface area contributed by atoms with E-state index in [2.05, 4.69) is 83.3 Å². The third kappa shape index (κ3) is 1.97. The van der Waals surface area contributed by atoms with Crippen molar-refractivity contribution >= 4 is 45.2 Å². The van der Waals surface area contributed by atoms with Gasteiger partial charge < -0.3 is 0 Å². The van der Waals surface area contributed by atoms with Crippen LogP contribution in [-0.2, 0) is 0 Å². The van der Waals surface area contributed by atoms with E-state index in [1.54, 1.807) is 5.57 Å². The predicted molar refractivity (Wildman–Crippen MR) is 90.6 cm³/mol. The van der Waals surface area contributed by atoms with E-state index in [1.165, 1.54) is 16.4 Å². The van der Waals surface area contributed by atoms with Crippen molar-refractivity contribution in [3.63, 3.8) is 0 Å². The van der Waals surface area contributed by atoms with Crippen molar-refractivity contribution in [1.82, 2.24) is 0 Å². The zero-order valence-electron chi connectivity index (χ0n) is 10.3. The first-order valence-electron chi connectivity index (χ1n) is 6.40. The van der Waals surface area contributed by atoms with Crippen molar-refractivity contribution in [2.45, 2.75) is 30.6 Å². The molecule has 1 saturated carbocycles. The largest absolute Gasteiger partial charge is 0.0835 e. The summed E-state index contributed by atoms with van der Waals surface area (Å²) < 4.78 is 2.18. The molecule has 92 valence electrons. The second-order valence-corrected chi connectivity index (χ2v) is 8.92. The summed E-state index contributed by atoms with van der Waals surface area (Å²) in [5.41, 5.74) is 2.11. The van der Waals surface area contributed by atoms with Gasteiger partial charge in [-0.3, -0.25) is 0 Å². The molecule has 0 aromatic heterocycles. The van der Waals surface area contributed by atoms with Crippen LogP contribution in [0.3, 0.4) is 0 Å². The van der Waals surface area contributed by atoms with E-state index in [4.69, 9.17) is 0 Å². The number of alkyl halides is 1. The fourth-order valence-electron chi connectivity index (χ4n) is 3.97. The molecule has 0 aliphatic heterocycles. The first kappa shape index (κ1) is 12.7. The van der Waals surface area contributed by atoms with Gasteiger partial charge in [-0.25, -0.2) is 0 Å². The molecule has 0 nitrogen and oxygen atoms in total. The Labute approximate surface area is 131 Å². The number of hydrogen-bond donors (Lipinski definition) is 0. The van der Waals surface area contributed by atoms with Gasteiger partial charge in [-0.05, 0) is 64.7 Å². The first-order valence-corrected chi connectivity index (χ1v) is 8.72. The van der Waals surface area contributed by atoms with Crippen LogP contribution in [0.4, 0.5) is 0 Å². The molecule has 0 heterocycles. The van der Waals surface area contributed by atoms with Crippen molar-refractivity contribution in [2.75, 3.05) is 0 Å². The Morgan fingerprint density at radius 2 is 2.06 bits per heavy atom. The van der Waals surface area contributed by atoms with Gasteiger partial charge in [0.25, 0.3) is 0 Å². The zero-order valence-corrected chi connectivity index (χ0v) is 14.6. The molecule has 0 bridgehead atoms. The fraction of sp³-hybridized carbons (Fsp3) is 0.600. The van der Waals surface area contributed by atoms with Crippen molar-refractivity contribution in [1.29, 1.82) is 0 Å². The maximum Gasteiger partial charge on any atom is 0.0292 e. The number of halogens is 2. The van der Waals surface area contributed by atoms with E-state index in [9.17, 15) is 0 Å². The van der Waals surface area contributed by atoms with Gasteiger partial charge in [0.15, 0.2) is 0 Å². The van der Waals surface area contributed by atoms with Gasteiger partial charge >= 0.3 is 0 Å². The lowest BCUT2D eigenvalue weighted by molar-refractivity contribution is 0.241. The lowest BCUT2D eigenvalue weighted by Crippen LogP contribution is -2.27. The fourth-order valence-corrected chi connectivity index (χ4v) is 5.35. The number of rotatable bonds is 0. The van der Waals surface area contributed by atoms with E-state index in [-0.39, 0.29) is 0 Å². The Hall–Kier alpha value is 0.680. The summed E-state index contributed by atoms with van der Waals surface area (Å²) in [5.74, 6) is 2.43. The van der Waals surface area contributed by atoms with Crippen molar-refractivity contribution in [2.24, 2.45) is 23.2 Å². The Morgan fingerprint density at radius 3 is 2.82 bits per heavy atom. The molecule has 0 saturated heterocycles. The van der Waals surface area contributed by atoms with Gasteiger partial charge in [0.1, 0.15) is 0 Å². The standard InChI is InChI=1S/C15H18I2/c1-15(2)13-7-9(16)3-5-11(13)12-6-4-10(17)8-14(12)15/h3-5,8-9,11-13H,6-7H2,1-2H3/t9?,11?,12-,13?/m1/s1. The van der Waals surface area contributed by atoms with Gasteiger partial charge in [0, 0.05) is 7.50 Å². The molecule has 0 N–H and O–H groups in total. The minimum atomic E-state index is 0.397. The van der Waals surface area contributed by atoms with E-state index in [1.807, 2.05) is 0 Å². The summed E-state index contributed by atoms with van der Waals surface area (Å²) in [7, 11) is 0. The average molecular weight is 452 g/mol. The molecular formula is C15H18I2. The van der Waals surface area contributed by atoms with E-state index in [0.717, 1.165) is 21.7 Å². The van der Waals surface area contributed by atoms with E-state index in [0.29, 0.717) is 5.41 Å². The Kier molecular flexibility index (Phi) is 3.26. The first-order chi connectivity index (χ1) is 8.00. The summed E-state index contributed by atoms with van der Waals surface area (Å²) in [5, 5.41) is 0. The average Bonchev–Trinajstić information content (AvgIpc) is 2.49. The smallest absolute Gasteiger partial charge is 0.0292 e. The highest BCUT2D eigenvalue weighted by atomic mass is 127. The van der Waals surface area contributed by atoms with Crippen LogP contribution >= 0.6 is 45.2 Å². The summed E-state index contributed by atoms with van der Waals surface area (Å²) >= 11 is 5.06. The molecular weight excluding hydrogens is 434 g/mol.